The van der Waals surface area contributed by atoms with Crippen LogP contribution in [0.1, 0.15) is 63.6 Å². The minimum absolute atomic E-state index is 0.170. The molecule has 0 amide bonds. The van der Waals surface area contributed by atoms with Crippen molar-refractivity contribution in [1.29, 1.82) is 0 Å². The lowest BCUT2D eigenvalue weighted by molar-refractivity contribution is -0.0770. The zero-order valence-electron chi connectivity index (χ0n) is 11.3. The van der Waals surface area contributed by atoms with Crippen LogP contribution in [0.5, 0.6) is 0 Å². The van der Waals surface area contributed by atoms with Crippen LogP contribution in [0, 0.1) is 0 Å². The van der Waals surface area contributed by atoms with Gasteiger partial charge in [-0.25, -0.2) is 0 Å². The molecule has 2 atom stereocenters. The fourth-order valence-corrected chi connectivity index (χ4v) is 2.42. The van der Waals surface area contributed by atoms with Gasteiger partial charge in [-0.15, -0.1) is 0 Å². The standard InChI is InChI=1S/C13H23N3O2/c1-3-6-10(9-14)11-15-12(16-18-11)13(2)7-4-5-8-17-13/h10H,3-9,14H2,1-2H3. The number of nitrogens with two attached hydrogens (primary N) is 1. The Morgan fingerprint density at radius 3 is 2.89 bits per heavy atom. The molecule has 0 bridgehead atoms. The Morgan fingerprint density at radius 1 is 1.44 bits per heavy atom. The van der Waals surface area contributed by atoms with Crippen molar-refractivity contribution in [3.05, 3.63) is 11.7 Å². The molecule has 2 rings (SSSR count). The highest BCUT2D eigenvalue weighted by Crippen LogP contribution is 2.33. The van der Waals surface area contributed by atoms with Gasteiger partial charge in [0.25, 0.3) is 0 Å². The highest BCUT2D eigenvalue weighted by molar-refractivity contribution is 5.03. The molecule has 18 heavy (non-hydrogen) atoms. The van der Waals surface area contributed by atoms with Crippen molar-refractivity contribution >= 4 is 0 Å². The van der Waals surface area contributed by atoms with Gasteiger partial charge in [-0.1, -0.05) is 18.5 Å². The highest BCUT2D eigenvalue weighted by atomic mass is 16.5. The third-order valence-electron chi connectivity index (χ3n) is 3.65. The van der Waals surface area contributed by atoms with Crippen molar-refractivity contribution in [2.45, 2.75) is 57.5 Å². The summed E-state index contributed by atoms with van der Waals surface area (Å²) < 4.78 is 11.2. The predicted molar refractivity (Wildman–Crippen MR) is 68.2 cm³/mol. The second-order valence-corrected chi connectivity index (χ2v) is 5.21. The van der Waals surface area contributed by atoms with Crippen LogP contribution in [0.15, 0.2) is 4.52 Å². The SMILES string of the molecule is CCCC(CN)c1nc(C2(C)CCCCO2)no1. The Morgan fingerprint density at radius 2 is 2.28 bits per heavy atom. The number of aromatic nitrogens is 2. The zero-order chi connectivity index (χ0) is 13.0. The molecule has 1 fully saturated rings. The minimum atomic E-state index is -0.384. The lowest BCUT2D eigenvalue weighted by atomic mass is 9.95. The van der Waals surface area contributed by atoms with E-state index < -0.39 is 0 Å². The molecule has 1 saturated heterocycles. The van der Waals surface area contributed by atoms with Crippen LogP contribution in [0.2, 0.25) is 0 Å². The fourth-order valence-electron chi connectivity index (χ4n) is 2.42. The topological polar surface area (TPSA) is 74.2 Å². The van der Waals surface area contributed by atoms with Crippen LogP contribution < -0.4 is 5.73 Å². The minimum Gasteiger partial charge on any atom is -0.367 e. The van der Waals surface area contributed by atoms with E-state index in [1.54, 1.807) is 0 Å². The van der Waals surface area contributed by atoms with Crippen LogP contribution in [-0.4, -0.2) is 23.3 Å². The van der Waals surface area contributed by atoms with Gasteiger partial charge in [0.1, 0.15) is 5.60 Å². The molecule has 0 radical (unpaired) electrons. The Balaban J connectivity index is 2.13. The van der Waals surface area contributed by atoms with Gasteiger partial charge in [0.15, 0.2) is 0 Å². The van der Waals surface area contributed by atoms with Crippen LogP contribution in [0.4, 0.5) is 0 Å². The van der Waals surface area contributed by atoms with E-state index in [0.29, 0.717) is 18.3 Å². The molecule has 2 N–H and O–H groups in total. The van der Waals surface area contributed by atoms with Gasteiger partial charge < -0.3 is 15.0 Å². The normalized spacial score (nSPS) is 26.2. The molecule has 1 aliphatic heterocycles. The van der Waals surface area contributed by atoms with Crippen LogP contribution in [0.3, 0.4) is 0 Å². The maximum absolute atomic E-state index is 5.82. The molecular weight excluding hydrogens is 230 g/mol. The average Bonchev–Trinajstić information content (AvgIpc) is 2.87. The smallest absolute Gasteiger partial charge is 0.231 e. The van der Waals surface area contributed by atoms with Crippen molar-refractivity contribution in [3.63, 3.8) is 0 Å². The lowest BCUT2D eigenvalue weighted by Crippen LogP contribution is -2.31. The zero-order valence-corrected chi connectivity index (χ0v) is 11.3. The summed E-state index contributed by atoms with van der Waals surface area (Å²) >= 11 is 0. The number of nitrogens with zero attached hydrogens (tertiary/aromatic N) is 2. The molecule has 0 spiro atoms. The second kappa shape index (κ2) is 5.80. The molecule has 102 valence electrons. The molecule has 5 nitrogen and oxygen atoms in total. The maximum atomic E-state index is 5.82. The Labute approximate surface area is 108 Å². The van der Waals surface area contributed by atoms with Gasteiger partial charge in [-0.2, -0.15) is 4.98 Å². The highest BCUT2D eigenvalue weighted by Gasteiger charge is 2.35. The first kappa shape index (κ1) is 13.5. The molecular formula is C13H23N3O2. The lowest BCUT2D eigenvalue weighted by Gasteiger charge is -2.30. The fraction of sp³-hybridized carbons (Fsp3) is 0.846. The van der Waals surface area contributed by atoms with E-state index in [9.17, 15) is 0 Å². The monoisotopic (exact) mass is 253 g/mol. The Bertz CT molecular complexity index is 372. The summed E-state index contributed by atoms with van der Waals surface area (Å²) in [5, 5.41) is 4.10. The largest absolute Gasteiger partial charge is 0.367 e. The van der Waals surface area contributed by atoms with Crippen LogP contribution in [0.25, 0.3) is 0 Å². The number of rotatable bonds is 5. The molecule has 2 unspecified atom stereocenters. The first-order chi connectivity index (χ1) is 8.69. The second-order valence-electron chi connectivity index (χ2n) is 5.21. The summed E-state index contributed by atoms with van der Waals surface area (Å²) in [6, 6.07) is 0. The average molecular weight is 253 g/mol. The van der Waals surface area contributed by atoms with E-state index in [1.807, 2.05) is 6.92 Å². The van der Waals surface area contributed by atoms with Gasteiger partial charge in [-0.05, 0) is 32.6 Å². The van der Waals surface area contributed by atoms with Gasteiger partial charge in [-0.3, -0.25) is 0 Å². The van der Waals surface area contributed by atoms with Crippen LogP contribution >= 0.6 is 0 Å². The van der Waals surface area contributed by atoms with Crippen molar-refractivity contribution in [1.82, 2.24) is 10.1 Å². The van der Waals surface area contributed by atoms with Gasteiger partial charge in [0.2, 0.25) is 11.7 Å². The molecule has 1 aromatic heterocycles. The van der Waals surface area contributed by atoms with E-state index in [1.165, 1.54) is 0 Å². The van der Waals surface area contributed by atoms with Crippen LogP contribution in [-0.2, 0) is 10.3 Å². The van der Waals surface area contributed by atoms with Crippen molar-refractivity contribution in [2.75, 3.05) is 13.2 Å². The molecule has 2 heterocycles. The third kappa shape index (κ3) is 2.72. The summed E-state index contributed by atoms with van der Waals surface area (Å²) in [6.07, 6.45) is 5.26. The number of hydrogen-bond acceptors (Lipinski definition) is 5. The van der Waals surface area contributed by atoms with Gasteiger partial charge in [0, 0.05) is 13.2 Å². The van der Waals surface area contributed by atoms with E-state index in [-0.39, 0.29) is 11.5 Å². The first-order valence-corrected chi connectivity index (χ1v) is 6.87. The maximum Gasteiger partial charge on any atom is 0.231 e. The molecule has 1 aromatic rings. The third-order valence-corrected chi connectivity index (χ3v) is 3.65. The summed E-state index contributed by atoms with van der Waals surface area (Å²) in [7, 11) is 0. The summed E-state index contributed by atoms with van der Waals surface area (Å²) in [6.45, 7) is 5.49. The summed E-state index contributed by atoms with van der Waals surface area (Å²) in [5.41, 5.74) is 5.37. The van der Waals surface area contributed by atoms with Crippen molar-refractivity contribution in [3.8, 4) is 0 Å². The Hall–Kier alpha value is -0.940. The molecule has 5 heteroatoms. The van der Waals surface area contributed by atoms with E-state index in [4.69, 9.17) is 15.0 Å². The first-order valence-electron chi connectivity index (χ1n) is 6.87. The quantitative estimate of drug-likeness (QED) is 0.871. The molecule has 1 aliphatic rings. The molecule has 0 aromatic carbocycles. The van der Waals surface area contributed by atoms with Gasteiger partial charge >= 0.3 is 0 Å². The number of hydrogen-bond donors (Lipinski definition) is 1. The van der Waals surface area contributed by atoms with Gasteiger partial charge in [0.05, 0.1) is 5.92 Å². The molecule has 0 aliphatic carbocycles. The van der Waals surface area contributed by atoms with E-state index in [0.717, 1.165) is 38.7 Å². The van der Waals surface area contributed by atoms with Crippen molar-refractivity contribution in [2.24, 2.45) is 5.73 Å². The van der Waals surface area contributed by atoms with Crippen molar-refractivity contribution < 1.29 is 9.26 Å². The predicted octanol–water partition coefficient (Wildman–Crippen LogP) is 2.33. The molecule has 0 saturated carbocycles. The van der Waals surface area contributed by atoms with E-state index >= 15 is 0 Å². The van der Waals surface area contributed by atoms with E-state index in [2.05, 4.69) is 17.1 Å². The summed E-state index contributed by atoms with van der Waals surface area (Å²) in [5.74, 6) is 1.50. The Kier molecular flexibility index (Phi) is 4.35. The number of ether oxygens (including phenoxy) is 1. The summed E-state index contributed by atoms with van der Waals surface area (Å²) in [4.78, 5) is 4.51.